The topological polar surface area (TPSA) is 61.5 Å². The van der Waals surface area contributed by atoms with E-state index < -0.39 is 17.9 Å². The van der Waals surface area contributed by atoms with Gasteiger partial charge in [-0.2, -0.15) is 0 Å². The first kappa shape index (κ1) is 14.4. The summed E-state index contributed by atoms with van der Waals surface area (Å²) in [6.45, 7) is 5.29. The van der Waals surface area contributed by atoms with Crippen LogP contribution in [0.4, 0.5) is 4.39 Å². The predicted molar refractivity (Wildman–Crippen MR) is 65.7 cm³/mol. The number of carbonyl (C=O) groups excluding carboxylic acids is 1. The Kier molecular flexibility index (Phi) is 5.09. The highest BCUT2D eigenvalue weighted by molar-refractivity contribution is 5.74. The van der Waals surface area contributed by atoms with Gasteiger partial charge in [-0.3, -0.25) is 0 Å². The van der Waals surface area contributed by atoms with E-state index in [4.69, 9.17) is 15.2 Å². The molecule has 2 atom stereocenters. The lowest BCUT2D eigenvalue weighted by Crippen LogP contribution is -2.27. The zero-order valence-electron chi connectivity index (χ0n) is 10.8. The van der Waals surface area contributed by atoms with Crippen LogP contribution in [0.15, 0.2) is 18.2 Å². The van der Waals surface area contributed by atoms with Gasteiger partial charge in [0.05, 0.1) is 6.61 Å². The molecule has 0 saturated heterocycles. The fourth-order valence-electron chi connectivity index (χ4n) is 1.48. The number of rotatable bonds is 5. The lowest BCUT2D eigenvalue weighted by Gasteiger charge is -2.18. The molecule has 0 aliphatic carbocycles. The van der Waals surface area contributed by atoms with Gasteiger partial charge in [-0.1, -0.05) is 6.07 Å². The summed E-state index contributed by atoms with van der Waals surface area (Å²) in [6.07, 6.45) is -0.802. The van der Waals surface area contributed by atoms with Gasteiger partial charge in [0.25, 0.3) is 0 Å². The highest BCUT2D eigenvalue weighted by Gasteiger charge is 2.18. The Morgan fingerprint density at radius 2 is 2.11 bits per heavy atom. The van der Waals surface area contributed by atoms with Crippen LogP contribution in [-0.4, -0.2) is 18.7 Å². The van der Waals surface area contributed by atoms with Gasteiger partial charge < -0.3 is 15.2 Å². The molecular weight excluding hydrogens is 237 g/mol. The highest BCUT2D eigenvalue weighted by Crippen LogP contribution is 2.25. The first-order valence-corrected chi connectivity index (χ1v) is 5.84. The second-order valence-corrected chi connectivity index (χ2v) is 3.98. The van der Waals surface area contributed by atoms with Gasteiger partial charge in [-0.05, 0) is 26.8 Å². The maximum atomic E-state index is 13.2. The summed E-state index contributed by atoms with van der Waals surface area (Å²) >= 11 is 0. The number of ether oxygens (including phenoxy) is 2. The standard InChI is InChI=1S/C13H18FNO3/c1-4-17-13(16)9(3)18-12-7-10(14)5-6-11(12)8(2)15/h5-9H,4,15H2,1-3H3/t8-,9?/m1/s1. The molecule has 4 nitrogen and oxygen atoms in total. The molecule has 0 bridgehead atoms. The van der Waals surface area contributed by atoms with Gasteiger partial charge in [-0.15, -0.1) is 0 Å². The molecule has 1 unspecified atom stereocenters. The molecule has 2 N–H and O–H groups in total. The average molecular weight is 255 g/mol. The SMILES string of the molecule is CCOC(=O)C(C)Oc1cc(F)ccc1[C@@H](C)N. The normalized spacial score (nSPS) is 13.8. The second kappa shape index (κ2) is 6.35. The summed E-state index contributed by atoms with van der Waals surface area (Å²) in [5.41, 5.74) is 6.40. The van der Waals surface area contributed by atoms with Crippen LogP contribution in [0.2, 0.25) is 0 Å². The van der Waals surface area contributed by atoms with Crippen molar-refractivity contribution in [3.63, 3.8) is 0 Å². The van der Waals surface area contributed by atoms with Crippen molar-refractivity contribution in [1.29, 1.82) is 0 Å². The molecule has 1 aromatic carbocycles. The third-order valence-corrected chi connectivity index (χ3v) is 2.39. The Balaban J connectivity index is 2.88. The molecule has 100 valence electrons. The second-order valence-electron chi connectivity index (χ2n) is 3.98. The Labute approximate surface area is 106 Å². The molecule has 0 radical (unpaired) electrons. The van der Waals surface area contributed by atoms with Gasteiger partial charge in [0.2, 0.25) is 0 Å². The van der Waals surface area contributed by atoms with E-state index in [1.54, 1.807) is 26.8 Å². The largest absolute Gasteiger partial charge is 0.479 e. The van der Waals surface area contributed by atoms with Gasteiger partial charge in [-0.25, -0.2) is 9.18 Å². The van der Waals surface area contributed by atoms with E-state index in [2.05, 4.69) is 0 Å². The summed E-state index contributed by atoms with van der Waals surface area (Å²) < 4.78 is 23.4. The molecule has 0 aromatic heterocycles. The lowest BCUT2D eigenvalue weighted by molar-refractivity contribution is -0.150. The predicted octanol–water partition coefficient (Wildman–Crippen LogP) is 2.18. The third-order valence-electron chi connectivity index (χ3n) is 2.39. The van der Waals surface area contributed by atoms with E-state index in [0.29, 0.717) is 5.56 Å². The summed E-state index contributed by atoms with van der Waals surface area (Å²) in [7, 11) is 0. The van der Waals surface area contributed by atoms with Crippen LogP contribution in [-0.2, 0) is 9.53 Å². The van der Waals surface area contributed by atoms with Crippen molar-refractivity contribution in [2.75, 3.05) is 6.61 Å². The van der Waals surface area contributed by atoms with E-state index in [1.165, 1.54) is 12.1 Å². The highest BCUT2D eigenvalue weighted by atomic mass is 19.1. The number of carbonyl (C=O) groups is 1. The van der Waals surface area contributed by atoms with Crippen molar-refractivity contribution in [3.8, 4) is 5.75 Å². The van der Waals surface area contributed by atoms with Crippen LogP contribution < -0.4 is 10.5 Å². The molecule has 0 aliphatic rings. The average Bonchev–Trinajstić information content (AvgIpc) is 2.28. The van der Waals surface area contributed by atoms with E-state index in [9.17, 15) is 9.18 Å². The van der Waals surface area contributed by atoms with Gasteiger partial charge in [0.15, 0.2) is 6.10 Å². The van der Waals surface area contributed by atoms with Crippen molar-refractivity contribution >= 4 is 5.97 Å². The number of halogens is 1. The maximum absolute atomic E-state index is 13.2. The molecule has 0 spiro atoms. The maximum Gasteiger partial charge on any atom is 0.347 e. The quantitative estimate of drug-likeness (QED) is 0.819. The Morgan fingerprint density at radius 1 is 1.44 bits per heavy atom. The van der Waals surface area contributed by atoms with Gasteiger partial charge in [0.1, 0.15) is 11.6 Å². The van der Waals surface area contributed by atoms with Crippen molar-refractivity contribution < 1.29 is 18.7 Å². The van der Waals surface area contributed by atoms with Crippen molar-refractivity contribution in [3.05, 3.63) is 29.6 Å². The molecule has 18 heavy (non-hydrogen) atoms. The van der Waals surface area contributed by atoms with Gasteiger partial charge in [0, 0.05) is 17.7 Å². The van der Waals surface area contributed by atoms with Crippen LogP contribution in [0.25, 0.3) is 0 Å². The van der Waals surface area contributed by atoms with Crippen molar-refractivity contribution in [2.45, 2.75) is 32.9 Å². The van der Waals surface area contributed by atoms with Crippen molar-refractivity contribution in [2.24, 2.45) is 5.73 Å². The smallest absolute Gasteiger partial charge is 0.347 e. The first-order valence-electron chi connectivity index (χ1n) is 5.84. The fraction of sp³-hybridized carbons (Fsp3) is 0.462. The monoisotopic (exact) mass is 255 g/mol. The summed E-state index contributed by atoms with van der Waals surface area (Å²) in [6, 6.07) is 3.76. The van der Waals surface area contributed by atoms with Crippen LogP contribution >= 0.6 is 0 Å². The summed E-state index contributed by atoms with van der Waals surface area (Å²) in [5.74, 6) is -0.659. The summed E-state index contributed by atoms with van der Waals surface area (Å²) in [4.78, 5) is 11.4. The van der Waals surface area contributed by atoms with Crippen LogP contribution in [0.3, 0.4) is 0 Å². The first-order chi connectivity index (χ1) is 8.45. The van der Waals surface area contributed by atoms with Crippen LogP contribution in [0.5, 0.6) is 5.75 Å². The molecule has 0 heterocycles. The molecular formula is C13H18FNO3. The minimum Gasteiger partial charge on any atom is -0.479 e. The third kappa shape index (κ3) is 3.70. The van der Waals surface area contributed by atoms with E-state index >= 15 is 0 Å². The molecule has 0 fully saturated rings. The van der Waals surface area contributed by atoms with Gasteiger partial charge >= 0.3 is 5.97 Å². The Morgan fingerprint density at radius 3 is 2.67 bits per heavy atom. The molecule has 5 heteroatoms. The van der Waals surface area contributed by atoms with E-state index in [0.717, 1.165) is 0 Å². The number of benzene rings is 1. The van der Waals surface area contributed by atoms with E-state index in [-0.39, 0.29) is 18.4 Å². The number of hydrogen-bond donors (Lipinski definition) is 1. The van der Waals surface area contributed by atoms with Crippen molar-refractivity contribution in [1.82, 2.24) is 0 Å². The fourth-order valence-corrected chi connectivity index (χ4v) is 1.48. The molecule has 0 aliphatic heterocycles. The zero-order chi connectivity index (χ0) is 13.7. The molecule has 0 saturated carbocycles. The minimum atomic E-state index is -0.802. The molecule has 0 amide bonds. The summed E-state index contributed by atoms with van der Waals surface area (Å²) in [5, 5.41) is 0. The molecule has 1 rings (SSSR count). The van der Waals surface area contributed by atoms with Crippen LogP contribution in [0, 0.1) is 5.82 Å². The number of nitrogens with two attached hydrogens (primary N) is 1. The molecule has 1 aromatic rings. The minimum absolute atomic E-state index is 0.269. The Bertz CT molecular complexity index is 421. The Hall–Kier alpha value is -1.62. The zero-order valence-corrected chi connectivity index (χ0v) is 10.8. The van der Waals surface area contributed by atoms with Crippen LogP contribution in [0.1, 0.15) is 32.4 Å². The van der Waals surface area contributed by atoms with E-state index in [1.807, 2.05) is 0 Å². The number of hydrogen-bond acceptors (Lipinski definition) is 4. The lowest BCUT2D eigenvalue weighted by atomic mass is 10.1. The number of esters is 1.